The van der Waals surface area contributed by atoms with Crippen LogP contribution in [-0.4, -0.2) is 20.9 Å². The van der Waals surface area contributed by atoms with Gasteiger partial charge < -0.3 is 5.11 Å². The first kappa shape index (κ1) is 11.4. The molecule has 1 N–H and O–H groups in total. The minimum atomic E-state index is -0.995. The molecule has 0 spiro atoms. The lowest BCUT2D eigenvalue weighted by atomic mass is 10.1. The van der Waals surface area contributed by atoms with Gasteiger partial charge in [0.05, 0.1) is 5.69 Å². The van der Waals surface area contributed by atoms with Crippen LogP contribution in [0, 0.1) is 20.8 Å². The predicted molar refractivity (Wildman–Crippen MR) is 64.7 cm³/mol. The van der Waals surface area contributed by atoms with Gasteiger partial charge in [-0.2, -0.15) is 5.10 Å². The third-order valence-corrected chi connectivity index (χ3v) is 2.85. The van der Waals surface area contributed by atoms with Crippen molar-refractivity contribution in [2.75, 3.05) is 0 Å². The second-order valence-electron chi connectivity index (χ2n) is 4.18. The standard InChI is InChI=1S/C13H14N2O2/c1-8-4-5-11(6-9(8)2)15-7-10(3)12(14-15)13(16)17/h4-7H,1-3H3,(H,16,17). The van der Waals surface area contributed by atoms with Crippen molar-refractivity contribution >= 4 is 5.97 Å². The number of rotatable bonds is 2. The molecule has 2 rings (SSSR count). The van der Waals surface area contributed by atoms with E-state index in [0.29, 0.717) is 5.56 Å². The molecule has 0 saturated carbocycles. The van der Waals surface area contributed by atoms with Crippen LogP contribution in [0.2, 0.25) is 0 Å². The van der Waals surface area contributed by atoms with E-state index in [-0.39, 0.29) is 5.69 Å². The van der Waals surface area contributed by atoms with Gasteiger partial charge in [-0.15, -0.1) is 0 Å². The first-order valence-corrected chi connectivity index (χ1v) is 5.36. The molecule has 2 aromatic rings. The highest BCUT2D eigenvalue weighted by Crippen LogP contribution is 2.15. The molecular formula is C13H14N2O2. The molecule has 0 atom stereocenters. The molecule has 88 valence electrons. The van der Waals surface area contributed by atoms with Gasteiger partial charge in [0.2, 0.25) is 0 Å². The van der Waals surface area contributed by atoms with Crippen LogP contribution in [0.15, 0.2) is 24.4 Å². The molecule has 1 aromatic heterocycles. The summed E-state index contributed by atoms with van der Waals surface area (Å²) in [6.07, 6.45) is 1.73. The van der Waals surface area contributed by atoms with Crippen LogP contribution in [0.3, 0.4) is 0 Å². The van der Waals surface area contributed by atoms with Crippen molar-refractivity contribution in [2.24, 2.45) is 0 Å². The van der Waals surface area contributed by atoms with Crippen molar-refractivity contribution in [1.82, 2.24) is 9.78 Å². The first-order chi connectivity index (χ1) is 7.99. The van der Waals surface area contributed by atoms with Crippen LogP contribution in [0.4, 0.5) is 0 Å². The van der Waals surface area contributed by atoms with E-state index in [2.05, 4.69) is 5.10 Å². The molecule has 0 aliphatic carbocycles. The Morgan fingerprint density at radius 1 is 1.18 bits per heavy atom. The Balaban J connectivity index is 2.50. The van der Waals surface area contributed by atoms with E-state index >= 15 is 0 Å². The number of carboxylic acids is 1. The monoisotopic (exact) mass is 230 g/mol. The highest BCUT2D eigenvalue weighted by molar-refractivity contribution is 5.86. The molecule has 0 unspecified atom stereocenters. The lowest BCUT2D eigenvalue weighted by Crippen LogP contribution is -2.02. The summed E-state index contributed by atoms with van der Waals surface area (Å²) in [7, 11) is 0. The predicted octanol–water partition coefficient (Wildman–Crippen LogP) is 2.50. The molecule has 4 nitrogen and oxygen atoms in total. The molecule has 1 aromatic carbocycles. The van der Waals surface area contributed by atoms with Crippen molar-refractivity contribution in [2.45, 2.75) is 20.8 Å². The normalized spacial score (nSPS) is 10.5. The minimum Gasteiger partial charge on any atom is -0.476 e. The highest BCUT2D eigenvalue weighted by atomic mass is 16.4. The summed E-state index contributed by atoms with van der Waals surface area (Å²) in [5, 5.41) is 13.0. The van der Waals surface area contributed by atoms with Crippen LogP contribution in [-0.2, 0) is 0 Å². The maximum atomic E-state index is 10.9. The molecule has 0 saturated heterocycles. The molecular weight excluding hydrogens is 216 g/mol. The highest BCUT2D eigenvalue weighted by Gasteiger charge is 2.13. The number of aromatic nitrogens is 2. The Morgan fingerprint density at radius 3 is 2.41 bits per heavy atom. The van der Waals surface area contributed by atoms with Crippen molar-refractivity contribution in [3.63, 3.8) is 0 Å². The number of aromatic carboxylic acids is 1. The number of carboxylic acid groups (broad SMARTS) is 1. The van der Waals surface area contributed by atoms with Gasteiger partial charge in [-0.25, -0.2) is 9.48 Å². The van der Waals surface area contributed by atoms with Crippen molar-refractivity contribution < 1.29 is 9.90 Å². The van der Waals surface area contributed by atoms with E-state index in [4.69, 9.17) is 5.11 Å². The molecule has 17 heavy (non-hydrogen) atoms. The fraction of sp³-hybridized carbons (Fsp3) is 0.231. The zero-order valence-electron chi connectivity index (χ0n) is 10.1. The number of carbonyl (C=O) groups is 1. The second-order valence-corrected chi connectivity index (χ2v) is 4.18. The quantitative estimate of drug-likeness (QED) is 0.862. The molecule has 0 bridgehead atoms. The van der Waals surface area contributed by atoms with Gasteiger partial charge in [0.15, 0.2) is 5.69 Å². The zero-order chi connectivity index (χ0) is 12.6. The maximum absolute atomic E-state index is 10.9. The van der Waals surface area contributed by atoms with Crippen molar-refractivity contribution in [1.29, 1.82) is 0 Å². The fourth-order valence-electron chi connectivity index (χ4n) is 1.67. The topological polar surface area (TPSA) is 55.1 Å². The van der Waals surface area contributed by atoms with E-state index in [1.54, 1.807) is 17.8 Å². The average Bonchev–Trinajstić information content (AvgIpc) is 2.64. The summed E-state index contributed by atoms with van der Waals surface area (Å²) in [6.45, 7) is 5.80. The Kier molecular flexibility index (Phi) is 2.71. The van der Waals surface area contributed by atoms with Gasteiger partial charge in [-0.3, -0.25) is 0 Å². The second kappa shape index (κ2) is 4.05. The van der Waals surface area contributed by atoms with E-state index < -0.39 is 5.97 Å². The Morgan fingerprint density at radius 2 is 1.88 bits per heavy atom. The number of aryl methyl sites for hydroxylation is 3. The van der Waals surface area contributed by atoms with Crippen molar-refractivity contribution in [3.05, 3.63) is 46.8 Å². The number of hydrogen-bond donors (Lipinski definition) is 1. The van der Waals surface area contributed by atoms with Gasteiger partial charge >= 0.3 is 5.97 Å². The molecule has 0 radical (unpaired) electrons. The van der Waals surface area contributed by atoms with Gasteiger partial charge in [-0.05, 0) is 44.0 Å². The number of hydrogen-bond acceptors (Lipinski definition) is 2. The SMILES string of the molecule is Cc1ccc(-n2cc(C)c(C(=O)O)n2)cc1C. The van der Waals surface area contributed by atoms with E-state index in [9.17, 15) is 4.79 Å². The minimum absolute atomic E-state index is 0.100. The van der Waals surface area contributed by atoms with Crippen LogP contribution >= 0.6 is 0 Å². The van der Waals surface area contributed by atoms with Gasteiger partial charge in [0, 0.05) is 11.8 Å². The van der Waals surface area contributed by atoms with Crippen LogP contribution < -0.4 is 0 Å². The Hall–Kier alpha value is -2.10. The Labute approximate surface area is 99.5 Å². The van der Waals surface area contributed by atoms with Gasteiger partial charge in [0.25, 0.3) is 0 Å². The van der Waals surface area contributed by atoms with E-state index in [1.807, 2.05) is 32.0 Å². The summed E-state index contributed by atoms with van der Waals surface area (Å²) >= 11 is 0. The summed E-state index contributed by atoms with van der Waals surface area (Å²) in [5.74, 6) is -0.995. The van der Waals surface area contributed by atoms with Crippen molar-refractivity contribution in [3.8, 4) is 5.69 Å². The molecule has 0 aliphatic rings. The lowest BCUT2D eigenvalue weighted by Gasteiger charge is -2.04. The molecule has 0 aliphatic heterocycles. The smallest absolute Gasteiger partial charge is 0.356 e. The van der Waals surface area contributed by atoms with E-state index in [1.165, 1.54) is 5.56 Å². The van der Waals surface area contributed by atoms with Crippen LogP contribution in [0.1, 0.15) is 27.2 Å². The third kappa shape index (κ3) is 2.06. The zero-order valence-corrected chi connectivity index (χ0v) is 10.1. The first-order valence-electron chi connectivity index (χ1n) is 5.36. The van der Waals surface area contributed by atoms with Crippen LogP contribution in [0.5, 0.6) is 0 Å². The summed E-state index contributed by atoms with van der Waals surface area (Å²) in [5.41, 5.74) is 4.01. The summed E-state index contributed by atoms with van der Waals surface area (Å²) < 4.78 is 1.60. The molecule has 0 amide bonds. The Bertz CT molecular complexity index is 585. The number of nitrogens with zero attached hydrogens (tertiary/aromatic N) is 2. The largest absolute Gasteiger partial charge is 0.476 e. The van der Waals surface area contributed by atoms with Gasteiger partial charge in [-0.1, -0.05) is 6.07 Å². The average molecular weight is 230 g/mol. The number of benzene rings is 1. The maximum Gasteiger partial charge on any atom is 0.356 e. The lowest BCUT2D eigenvalue weighted by molar-refractivity contribution is 0.0689. The molecule has 0 fully saturated rings. The van der Waals surface area contributed by atoms with E-state index in [0.717, 1.165) is 11.3 Å². The van der Waals surface area contributed by atoms with Gasteiger partial charge in [0.1, 0.15) is 0 Å². The summed E-state index contributed by atoms with van der Waals surface area (Å²) in [4.78, 5) is 10.9. The third-order valence-electron chi connectivity index (χ3n) is 2.85. The summed E-state index contributed by atoms with van der Waals surface area (Å²) in [6, 6.07) is 5.93. The molecule has 1 heterocycles. The molecule has 4 heteroatoms. The fourth-order valence-corrected chi connectivity index (χ4v) is 1.67. The van der Waals surface area contributed by atoms with Crippen LogP contribution in [0.25, 0.3) is 5.69 Å².